The molecule has 3 aromatic rings. The first-order valence-electron chi connectivity index (χ1n) is 10.3. The van der Waals surface area contributed by atoms with Crippen LogP contribution in [0.3, 0.4) is 0 Å². The first-order valence-corrected chi connectivity index (χ1v) is 11.7. The van der Waals surface area contributed by atoms with Gasteiger partial charge in [0, 0.05) is 12.7 Å². The minimum Gasteiger partial charge on any atom is -0.496 e. The smallest absolute Gasteiger partial charge is 0.341 e. The molecule has 1 heterocycles. The number of hydrogen-bond donors (Lipinski definition) is 0. The maximum Gasteiger partial charge on any atom is 0.341 e. The summed E-state index contributed by atoms with van der Waals surface area (Å²) in [5, 5.41) is 0. The second-order valence-electron chi connectivity index (χ2n) is 7.02. The van der Waals surface area contributed by atoms with E-state index in [4.69, 9.17) is 14.2 Å². The summed E-state index contributed by atoms with van der Waals surface area (Å²) < 4.78 is 43.9. The molecule has 0 fully saturated rings. The van der Waals surface area contributed by atoms with Crippen LogP contribution in [-0.4, -0.2) is 44.5 Å². The molecule has 0 spiro atoms. The number of sulfonamides is 1. The number of methoxy groups -OCH3 is 2. The van der Waals surface area contributed by atoms with Crippen molar-refractivity contribution in [2.45, 2.75) is 24.9 Å². The Kier molecular flexibility index (Phi) is 8.02. The van der Waals surface area contributed by atoms with E-state index in [-0.39, 0.29) is 23.5 Å². The van der Waals surface area contributed by atoms with Crippen molar-refractivity contribution < 1.29 is 27.4 Å². The first kappa shape index (κ1) is 24.2. The van der Waals surface area contributed by atoms with Crippen LogP contribution in [0.1, 0.15) is 28.5 Å². The minimum atomic E-state index is -3.87. The third-order valence-corrected chi connectivity index (χ3v) is 6.67. The van der Waals surface area contributed by atoms with Crippen LogP contribution in [0.2, 0.25) is 0 Å². The lowest BCUT2D eigenvalue weighted by molar-refractivity contribution is 0.0597. The Hall–Kier alpha value is -3.43. The fourth-order valence-corrected chi connectivity index (χ4v) is 4.64. The fraction of sp³-hybridized carbons (Fsp3) is 0.250. The topological polar surface area (TPSA) is 95.0 Å². The van der Waals surface area contributed by atoms with Gasteiger partial charge in [0.15, 0.2) is 0 Å². The van der Waals surface area contributed by atoms with Gasteiger partial charge in [0.2, 0.25) is 10.0 Å². The maximum atomic E-state index is 13.5. The molecule has 0 unspecified atom stereocenters. The van der Waals surface area contributed by atoms with E-state index in [0.29, 0.717) is 29.4 Å². The Bertz CT molecular complexity index is 1180. The van der Waals surface area contributed by atoms with Gasteiger partial charge >= 0.3 is 5.97 Å². The van der Waals surface area contributed by atoms with Crippen LogP contribution in [-0.2, 0) is 27.8 Å². The van der Waals surface area contributed by atoms with Gasteiger partial charge in [-0.05, 0) is 61.0 Å². The summed E-state index contributed by atoms with van der Waals surface area (Å²) in [6.07, 6.45) is 1.62. The minimum absolute atomic E-state index is 0.0456. The van der Waals surface area contributed by atoms with Crippen LogP contribution in [0, 0.1) is 0 Å². The van der Waals surface area contributed by atoms with Gasteiger partial charge in [0.25, 0.3) is 0 Å². The molecule has 0 aliphatic heterocycles. The monoisotopic (exact) mass is 470 g/mol. The van der Waals surface area contributed by atoms with Gasteiger partial charge in [0.1, 0.15) is 17.1 Å². The number of pyridine rings is 1. The van der Waals surface area contributed by atoms with Crippen molar-refractivity contribution in [2.75, 3.05) is 20.8 Å². The zero-order valence-corrected chi connectivity index (χ0v) is 19.5. The highest BCUT2D eigenvalue weighted by Crippen LogP contribution is 2.26. The summed E-state index contributed by atoms with van der Waals surface area (Å²) in [5.41, 5.74) is 1.50. The number of carbonyl (C=O) groups excluding carboxylic acids is 1. The van der Waals surface area contributed by atoms with Crippen molar-refractivity contribution >= 4 is 16.0 Å². The van der Waals surface area contributed by atoms with E-state index in [0.717, 1.165) is 0 Å². The van der Waals surface area contributed by atoms with E-state index >= 15 is 0 Å². The summed E-state index contributed by atoms with van der Waals surface area (Å²) in [7, 11) is -1.15. The van der Waals surface area contributed by atoms with Crippen LogP contribution in [0.4, 0.5) is 0 Å². The number of ether oxygens (including phenoxy) is 3. The van der Waals surface area contributed by atoms with Crippen LogP contribution in [0.15, 0.2) is 71.8 Å². The lowest BCUT2D eigenvalue weighted by Gasteiger charge is -2.23. The zero-order chi connectivity index (χ0) is 23.8. The molecule has 8 nitrogen and oxygen atoms in total. The third kappa shape index (κ3) is 5.88. The van der Waals surface area contributed by atoms with Crippen molar-refractivity contribution in [3.05, 3.63) is 83.7 Å². The molecule has 3 rings (SSSR count). The molecule has 0 aliphatic carbocycles. The summed E-state index contributed by atoms with van der Waals surface area (Å²) in [6, 6.07) is 16.5. The number of carbonyl (C=O) groups is 1. The highest BCUT2D eigenvalue weighted by molar-refractivity contribution is 7.89. The second-order valence-corrected chi connectivity index (χ2v) is 8.96. The fourth-order valence-electron chi connectivity index (χ4n) is 3.24. The lowest BCUT2D eigenvalue weighted by atomic mass is 10.1. The average molecular weight is 471 g/mol. The van der Waals surface area contributed by atoms with Crippen molar-refractivity contribution in [2.24, 2.45) is 0 Å². The van der Waals surface area contributed by atoms with Gasteiger partial charge in [0.05, 0.1) is 38.0 Å². The largest absolute Gasteiger partial charge is 0.496 e. The number of hydrogen-bond acceptors (Lipinski definition) is 7. The van der Waals surface area contributed by atoms with Crippen molar-refractivity contribution in [3.8, 4) is 11.5 Å². The quantitative estimate of drug-likeness (QED) is 0.417. The van der Waals surface area contributed by atoms with E-state index in [9.17, 15) is 13.2 Å². The molecule has 0 bridgehead atoms. The van der Waals surface area contributed by atoms with E-state index in [1.54, 1.807) is 54.7 Å². The SMILES string of the molecule is CCOc1ccc(S(=O)(=O)N(Cc2ccc(C(=O)OC)c(OC)c2)Cc2ccccn2)cc1. The molecular formula is C24H26N2O6S. The molecule has 1 aromatic heterocycles. The van der Waals surface area contributed by atoms with E-state index in [1.165, 1.54) is 30.7 Å². The van der Waals surface area contributed by atoms with E-state index in [1.807, 2.05) is 6.92 Å². The Morgan fingerprint density at radius 2 is 1.76 bits per heavy atom. The molecule has 0 aliphatic rings. The highest BCUT2D eigenvalue weighted by Gasteiger charge is 2.26. The van der Waals surface area contributed by atoms with Gasteiger partial charge in [-0.25, -0.2) is 13.2 Å². The Morgan fingerprint density at radius 3 is 2.36 bits per heavy atom. The van der Waals surface area contributed by atoms with Gasteiger partial charge in [-0.15, -0.1) is 0 Å². The number of esters is 1. The number of aromatic nitrogens is 1. The predicted octanol–water partition coefficient (Wildman–Crippen LogP) is 3.67. The molecule has 174 valence electrons. The predicted molar refractivity (Wildman–Crippen MR) is 123 cm³/mol. The first-order chi connectivity index (χ1) is 15.9. The number of rotatable bonds is 10. The second kappa shape index (κ2) is 10.9. The molecule has 9 heteroatoms. The Labute approximate surface area is 193 Å². The summed E-state index contributed by atoms with van der Waals surface area (Å²) in [6.45, 7) is 2.46. The standard InChI is InChI=1S/C24H26N2O6S/c1-4-32-20-9-11-21(12-10-20)33(28,29)26(17-19-7-5-6-14-25-19)16-18-8-13-22(24(27)31-3)23(15-18)30-2/h5-15H,4,16-17H2,1-3H3. The van der Waals surface area contributed by atoms with Crippen molar-refractivity contribution in [1.29, 1.82) is 0 Å². The van der Waals surface area contributed by atoms with Gasteiger partial charge in [-0.2, -0.15) is 4.31 Å². The molecule has 0 amide bonds. The number of benzene rings is 2. The molecule has 2 aromatic carbocycles. The van der Waals surface area contributed by atoms with E-state index < -0.39 is 16.0 Å². The van der Waals surface area contributed by atoms with Gasteiger partial charge in [-0.3, -0.25) is 4.98 Å². The third-order valence-electron chi connectivity index (χ3n) is 4.87. The zero-order valence-electron chi connectivity index (χ0n) is 18.7. The average Bonchev–Trinajstić information content (AvgIpc) is 2.84. The van der Waals surface area contributed by atoms with Crippen LogP contribution in [0.25, 0.3) is 0 Å². The number of nitrogens with zero attached hydrogens (tertiary/aromatic N) is 2. The van der Waals surface area contributed by atoms with Gasteiger partial charge in [-0.1, -0.05) is 12.1 Å². The molecule has 0 N–H and O–H groups in total. The van der Waals surface area contributed by atoms with Crippen molar-refractivity contribution in [3.63, 3.8) is 0 Å². The Balaban J connectivity index is 1.97. The van der Waals surface area contributed by atoms with Gasteiger partial charge < -0.3 is 14.2 Å². The molecule has 33 heavy (non-hydrogen) atoms. The molecule has 0 radical (unpaired) electrons. The Morgan fingerprint density at radius 1 is 1.00 bits per heavy atom. The maximum absolute atomic E-state index is 13.5. The molecule has 0 saturated carbocycles. The molecule has 0 saturated heterocycles. The lowest BCUT2D eigenvalue weighted by Crippen LogP contribution is -2.30. The van der Waals surface area contributed by atoms with E-state index in [2.05, 4.69) is 4.98 Å². The van der Waals surface area contributed by atoms with Crippen LogP contribution < -0.4 is 9.47 Å². The highest BCUT2D eigenvalue weighted by atomic mass is 32.2. The summed E-state index contributed by atoms with van der Waals surface area (Å²) in [5.74, 6) is 0.359. The summed E-state index contributed by atoms with van der Waals surface area (Å²) >= 11 is 0. The normalized spacial score (nSPS) is 11.3. The summed E-state index contributed by atoms with van der Waals surface area (Å²) in [4.78, 5) is 16.4. The van der Waals surface area contributed by atoms with Crippen LogP contribution >= 0.6 is 0 Å². The van der Waals surface area contributed by atoms with Crippen molar-refractivity contribution in [1.82, 2.24) is 9.29 Å². The van der Waals surface area contributed by atoms with Crippen LogP contribution in [0.5, 0.6) is 11.5 Å². The molecule has 0 atom stereocenters. The molecular weight excluding hydrogens is 444 g/mol.